The number of carboxylic acids is 1. The molecule has 3 aliphatic rings. The molecule has 2 aliphatic carbocycles. The van der Waals surface area contributed by atoms with Crippen molar-refractivity contribution >= 4 is 17.7 Å². The Kier molecular flexibility index (Phi) is 3.35. The number of hydrogen-bond donors (Lipinski definition) is 2. The summed E-state index contributed by atoms with van der Waals surface area (Å²) in [4.78, 5) is 11.4. The van der Waals surface area contributed by atoms with Gasteiger partial charge >= 0.3 is 5.97 Å². The maximum absolute atomic E-state index is 11.4. The number of rotatable bonds is 4. The Balaban J connectivity index is 1.59. The Morgan fingerprint density at radius 2 is 2.12 bits per heavy atom. The molecule has 3 nitrogen and oxygen atoms in total. The molecule has 2 N–H and O–H groups in total. The fourth-order valence-corrected chi connectivity index (χ4v) is 5.27. The molecule has 3 rings (SSSR count). The van der Waals surface area contributed by atoms with E-state index in [4.69, 9.17) is 0 Å². The lowest BCUT2D eigenvalue weighted by atomic mass is 9.84. The average Bonchev–Trinajstić information content (AvgIpc) is 3.01. The molecular formula is C13H21NO2S. The van der Waals surface area contributed by atoms with E-state index in [0.29, 0.717) is 11.8 Å². The Morgan fingerprint density at radius 1 is 1.29 bits per heavy atom. The lowest BCUT2D eigenvalue weighted by Crippen LogP contribution is -2.45. The zero-order valence-electron chi connectivity index (χ0n) is 10.1. The summed E-state index contributed by atoms with van der Waals surface area (Å²) in [6.07, 6.45) is 4.83. The minimum Gasteiger partial charge on any atom is -0.481 e. The van der Waals surface area contributed by atoms with E-state index in [9.17, 15) is 9.90 Å². The summed E-state index contributed by atoms with van der Waals surface area (Å²) >= 11 is 2.03. The summed E-state index contributed by atoms with van der Waals surface area (Å²) in [6.45, 7) is 1.03. The zero-order chi connectivity index (χ0) is 11.8. The second-order valence-electron chi connectivity index (χ2n) is 5.86. The molecule has 1 aliphatic heterocycles. The molecule has 1 heterocycles. The smallest absolute Gasteiger partial charge is 0.308 e. The van der Waals surface area contributed by atoms with Crippen molar-refractivity contribution in [3.05, 3.63) is 0 Å². The van der Waals surface area contributed by atoms with E-state index in [-0.39, 0.29) is 12.0 Å². The zero-order valence-corrected chi connectivity index (χ0v) is 10.9. The second-order valence-corrected chi connectivity index (χ2v) is 7.01. The number of aliphatic carboxylic acids is 1. The van der Waals surface area contributed by atoms with Gasteiger partial charge in [0.2, 0.25) is 0 Å². The van der Waals surface area contributed by atoms with Crippen LogP contribution in [0.25, 0.3) is 0 Å². The topological polar surface area (TPSA) is 49.3 Å². The van der Waals surface area contributed by atoms with E-state index < -0.39 is 5.97 Å². The van der Waals surface area contributed by atoms with Crippen LogP contribution >= 0.6 is 11.8 Å². The van der Waals surface area contributed by atoms with E-state index >= 15 is 0 Å². The first-order valence-electron chi connectivity index (χ1n) is 6.79. The van der Waals surface area contributed by atoms with Gasteiger partial charge in [-0.15, -0.1) is 0 Å². The Bertz CT molecular complexity index is 304. The van der Waals surface area contributed by atoms with Crippen molar-refractivity contribution < 1.29 is 9.90 Å². The SMILES string of the molecule is O=C(O)C1C2CCC(C2)C1NCC1CCSC1. The van der Waals surface area contributed by atoms with Crippen molar-refractivity contribution in [2.24, 2.45) is 23.7 Å². The highest BCUT2D eigenvalue weighted by molar-refractivity contribution is 7.99. The van der Waals surface area contributed by atoms with Gasteiger partial charge in [0.25, 0.3) is 0 Å². The number of nitrogens with one attached hydrogen (secondary N) is 1. The van der Waals surface area contributed by atoms with Crippen LogP contribution in [0.5, 0.6) is 0 Å². The molecule has 1 saturated heterocycles. The predicted molar refractivity (Wildman–Crippen MR) is 69.2 cm³/mol. The van der Waals surface area contributed by atoms with Gasteiger partial charge in [-0.25, -0.2) is 0 Å². The van der Waals surface area contributed by atoms with Crippen LogP contribution < -0.4 is 5.32 Å². The average molecular weight is 255 g/mol. The third-order valence-corrected chi connectivity index (χ3v) is 6.10. The molecule has 2 saturated carbocycles. The van der Waals surface area contributed by atoms with Gasteiger partial charge in [-0.2, -0.15) is 11.8 Å². The fraction of sp³-hybridized carbons (Fsp3) is 0.923. The van der Waals surface area contributed by atoms with Crippen LogP contribution in [0.15, 0.2) is 0 Å². The monoisotopic (exact) mass is 255 g/mol. The van der Waals surface area contributed by atoms with Crippen molar-refractivity contribution in [2.45, 2.75) is 31.7 Å². The number of fused-ring (bicyclic) bond motifs is 2. The molecule has 17 heavy (non-hydrogen) atoms. The van der Waals surface area contributed by atoms with Gasteiger partial charge in [-0.3, -0.25) is 4.79 Å². The molecule has 0 aromatic carbocycles. The molecule has 2 bridgehead atoms. The summed E-state index contributed by atoms with van der Waals surface area (Å²) in [5, 5.41) is 12.9. The van der Waals surface area contributed by atoms with Crippen LogP contribution in [0.1, 0.15) is 25.7 Å². The first kappa shape index (κ1) is 11.8. The van der Waals surface area contributed by atoms with Crippen LogP contribution in [0, 0.1) is 23.7 Å². The van der Waals surface area contributed by atoms with Gasteiger partial charge < -0.3 is 10.4 Å². The number of carboxylic acid groups (broad SMARTS) is 1. The van der Waals surface area contributed by atoms with Gasteiger partial charge in [0.1, 0.15) is 0 Å². The summed E-state index contributed by atoms with van der Waals surface area (Å²) in [5.41, 5.74) is 0. The summed E-state index contributed by atoms with van der Waals surface area (Å²) in [6, 6.07) is 0.261. The lowest BCUT2D eigenvalue weighted by molar-refractivity contribution is -0.144. The number of hydrogen-bond acceptors (Lipinski definition) is 3. The van der Waals surface area contributed by atoms with Gasteiger partial charge in [0.05, 0.1) is 5.92 Å². The standard InChI is InChI=1S/C13H21NO2S/c15-13(16)11-9-1-2-10(5-9)12(11)14-6-8-3-4-17-7-8/h8-12,14H,1-7H2,(H,15,16). The molecule has 5 atom stereocenters. The van der Waals surface area contributed by atoms with Crippen LogP contribution in [0.4, 0.5) is 0 Å². The third-order valence-electron chi connectivity index (χ3n) is 4.87. The van der Waals surface area contributed by atoms with E-state index in [0.717, 1.165) is 25.3 Å². The van der Waals surface area contributed by atoms with Crippen LogP contribution in [0.3, 0.4) is 0 Å². The predicted octanol–water partition coefficient (Wildman–Crippen LogP) is 1.83. The lowest BCUT2D eigenvalue weighted by Gasteiger charge is -2.30. The molecule has 0 radical (unpaired) electrons. The molecule has 96 valence electrons. The largest absolute Gasteiger partial charge is 0.481 e. The quantitative estimate of drug-likeness (QED) is 0.804. The van der Waals surface area contributed by atoms with Crippen molar-refractivity contribution in [2.75, 3.05) is 18.1 Å². The van der Waals surface area contributed by atoms with Gasteiger partial charge in [-0.05, 0) is 61.5 Å². The van der Waals surface area contributed by atoms with Crippen LogP contribution in [-0.2, 0) is 4.79 Å². The summed E-state index contributed by atoms with van der Waals surface area (Å²) < 4.78 is 0. The maximum Gasteiger partial charge on any atom is 0.308 e. The second kappa shape index (κ2) is 4.81. The minimum absolute atomic E-state index is 0.109. The fourth-order valence-electron chi connectivity index (χ4n) is 3.99. The molecule has 0 amide bonds. The summed E-state index contributed by atoms with van der Waals surface area (Å²) in [5.74, 6) is 3.71. The molecular weight excluding hydrogens is 234 g/mol. The maximum atomic E-state index is 11.4. The van der Waals surface area contributed by atoms with Crippen LogP contribution in [0.2, 0.25) is 0 Å². The minimum atomic E-state index is -0.574. The van der Waals surface area contributed by atoms with Crippen molar-refractivity contribution in [1.82, 2.24) is 5.32 Å². The molecule has 3 fully saturated rings. The van der Waals surface area contributed by atoms with Crippen molar-refractivity contribution in [1.29, 1.82) is 0 Å². The van der Waals surface area contributed by atoms with E-state index in [1.165, 1.54) is 24.3 Å². The Morgan fingerprint density at radius 3 is 2.82 bits per heavy atom. The van der Waals surface area contributed by atoms with Gasteiger partial charge in [0.15, 0.2) is 0 Å². The molecule has 0 aromatic rings. The Labute approximate surface area is 107 Å². The summed E-state index contributed by atoms with van der Waals surface area (Å²) in [7, 11) is 0. The van der Waals surface area contributed by atoms with E-state index in [1.807, 2.05) is 11.8 Å². The number of thioether (sulfide) groups is 1. The molecule has 5 unspecified atom stereocenters. The van der Waals surface area contributed by atoms with E-state index in [2.05, 4.69) is 5.32 Å². The third kappa shape index (κ3) is 2.22. The Hall–Kier alpha value is -0.220. The highest BCUT2D eigenvalue weighted by Gasteiger charge is 2.50. The molecule has 4 heteroatoms. The van der Waals surface area contributed by atoms with Crippen molar-refractivity contribution in [3.63, 3.8) is 0 Å². The molecule has 0 aromatic heterocycles. The van der Waals surface area contributed by atoms with Gasteiger partial charge in [0, 0.05) is 6.04 Å². The van der Waals surface area contributed by atoms with E-state index in [1.54, 1.807) is 0 Å². The van der Waals surface area contributed by atoms with Gasteiger partial charge in [-0.1, -0.05) is 0 Å². The normalized spacial score (nSPS) is 44.4. The van der Waals surface area contributed by atoms with Crippen LogP contribution in [-0.4, -0.2) is 35.2 Å². The first-order chi connectivity index (χ1) is 8.25. The first-order valence-corrected chi connectivity index (χ1v) is 7.95. The molecule has 0 spiro atoms. The highest BCUT2D eigenvalue weighted by Crippen LogP contribution is 2.48. The number of carbonyl (C=O) groups is 1. The van der Waals surface area contributed by atoms with Crippen molar-refractivity contribution in [3.8, 4) is 0 Å². The highest BCUT2D eigenvalue weighted by atomic mass is 32.2.